The molecule has 174 valence electrons. The van der Waals surface area contributed by atoms with Crippen molar-refractivity contribution in [2.24, 2.45) is 5.92 Å². The van der Waals surface area contributed by atoms with Crippen molar-refractivity contribution in [3.05, 3.63) is 30.2 Å². The van der Waals surface area contributed by atoms with Crippen molar-refractivity contribution in [3.8, 4) is 0 Å². The number of rotatable bonds is 3. The van der Waals surface area contributed by atoms with E-state index in [1.54, 1.807) is 17.3 Å². The molecule has 4 rings (SSSR count). The van der Waals surface area contributed by atoms with Crippen molar-refractivity contribution in [1.82, 2.24) is 14.9 Å². The maximum absolute atomic E-state index is 12.5. The molecule has 1 amide bonds. The number of fused-ring (bicyclic) bond motifs is 1. The van der Waals surface area contributed by atoms with Gasteiger partial charge in [-0.05, 0) is 51.7 Å². The molecule has 8 heteroatoms. The zero-order valence-corrected chi connectivity index (χ0v) is 19.3. The summed E-state index contributed by atoms with van der Waals surface area (Å²) >= 11 is 0. The molecule has 0 radical (unpaired) electrons. The predicted octanol–water partition coefficient (Wildman–Crippen LogP) is 3.55. The maximum Gasteiger partial charge on any atom is 0.410 e. The number of aromatic nitrogens is 2. The minimum atomic E-state index is -1.70. The molecule has 2 N–H and O–H groups in total. The van der Waals surface area contributed by atoms with Gasteiger partial charge in [0.2, 0.25) is 0 Å². The number of piperidine rings is 1. The van der Waals surface area contributed by atoms with Crippen LogP contribution in [-0.2, 0) is 9.47 Å². The number of likely N-dealkylation sites (tertiary alicyclic amines) is 1. The Bertz CT molecular complexity index is 1010. The first-order chi connectivity index (χ1) is 15.5. The van der Waals surface area contributed by atoms with Gasteiger partial charge in [-0.25, -0.2) is 9.78 Å². The molecule has 4 heterocycles. The molecular formula is C24H34N4O4. The first kappa shape index (κ1) is 21.4. The molecule has 32 heavy (non-hydrogen) atoms. The van der Waals surface area contributed by atoms with E-state index in [1.165, 1.54) is 0 Å². The minimum Gasteiger partial charge on any atom is -0.444 e. The Hall–Kier alpha value is -2.45. The smallest absolute Gasteiger partial charge is 0.410 e. The van der Waals surface area contributed by atoms with Crippen molar-refractivity contribution in [3.63, 3.8) is 0 Å². The Balaban J connectivity index is 1.54. The predicted molar refractivity (Wildman–Crippen MR) is 123 cm³/mol. The quantitative estimate of drug-likeness (QED) is 0.749. The summed E-state index contributed by atoms with van der Waals surface area (Å²) < 4.78 is 18.9. The molecule has 0 aliphatic carbocycles. The van der Waals surface area contributed by atoms with E-state index in [4.69, 9.17) is 15.8 Å². The second kappa shape index (κ2) is 9.19. The Labute approximate surface area is 190 Å². The van der Waals surface area contributed by atoms with Gasteiger partial charge in [0.15, 0.2) is 0 Å². The number of nitrogens with one attached hydrogen (secondary N) is 1. The van der Waals surface area contributed by atoms with E-state index in [9.17, 15) is 9.90 Å². The lowest BCUT2D eigenvalue weighted by molar-refractivity contribution is -0.0135. The highest BCUT2D eigenvalue weighted by atomic mass is 16.6. The van der Waals surface area contributed by atoms with E-state index >= 15 is 0 Å². The second-order valence-electron chi connectivity index (χ2n) is 9.82. The standard InChI is InChI=1S/C24H34N4O4/c1-15-13-28(23(30)32-24(2,3)4)9-6-17(15)22-18-11-21(26-12-16(18)5-8-25-22)27-19-7-10-31-14-20(19)29/h5,8,11-12,15,17,19-20,29H,6-7,9-10,13-14H2,1-4H3,(H,26,27)/t15-,17-,19-,20-/m1/s1/i20D. The second-order valence-corrected chi connectivity index (χ2v) is 9.82. The molecule has 0 spiro atoms. The average Bonchev–Trinajstić information content (AvgIpc) is 2.73. The number of aliphatic hydroxyl groups is 1. The maximum atomic E-state index is 12.5. The third-order valence-electron chi connectivity index (χ3n) is 6.11. The summed E-state index contributed by atoms with van der Waals surface area (Å²) in [5.41, 5.74) is 0.475. The van der Waals surface area contributed by atoms with Crippen LogP contribution in [0, 0.1) is 5.92 Å². The number of amides is 1. The van der Waals surface area contributed by atoms with Gasteiger partial charge in [0.25, 0.3) is 0 Å². The monoisotopic (exact) mass is 443 g/mol. The number of hydrogen-bond donors (Lipinski definition) is 2. The molecule has 4 atom stereocenters. The number of pyridine rings is 2. The van der Waals surface area contributed by atoms with Gasteiger partial charge >= 0.3 is 6.09 Å². The van der Waals surface area contributed by atoms with Gasteiger partial charge in [-0.1, -0.05) is 6.92 Å². The highest BCUT2D eigenvalue weighted by Crippen LogP contribution is 2.36. The van der Waals surface area contributed by atoms with Crippen LogP contribution >= 0.6 is 0 Å². The van der Waals surface area contributed by atoms with Crippen LogP contribution in [0.25, 0.3) is 10.8 Å². The molecular weight excluding hydrogens is 408 g/mol. The molecule has 0 bridgehead atoms. The van der Waals surface area contributed by atoms with Crippen LogP contribution in [0.4, 0.5) is 10.6 Å². The molecule has 2 aromatic heterocycles. The number of nitrogens with zero attached hydrogens (tertiary/aromatic N) is 3. The molecule has 2 aliphatic heterocycles. The van der Waals surface area contributed by atoms with Gasteiger partial charge in [-0.3, -0.25) is 4.98 Å². The summed E-state index contributed by atoms with van der Waals surface area (Å²) in [4.78, 5) is 23.5. The number of anilines is 1. The SMILES string of the molecule is [2H][C@@]1(O)COCC[C@H]1Nc1cc2c([C@@H]3CCN(C(=O)OC(C)(C)C)C[C@H]3C)nccc2cn1. The van der Waals surface area contributed by atoms with Crippen molar-refractivity contribution in [2.75, 3.05) is 31.6 Å². The molecule has 2 fully saturated rings. The van der Waals surface area contributed by atoms with Gasteiger partial charge in [-0.2, -0.15) is 0 Å². The van der Waals surface area contributed by atoms with Crippen molar-refractivity contribution in [1.29, 1.82) is 0 Å². The van der Waals surface area contributed by atoms with Crippen LogP contribution in [0.5, 0.6) is 0 Å². The van der Waals surface area contributed by atoms with Crippen LogP contribution in [-0.4, -0.2) is 70.1 Å². The van der Waals surface area contributed by atoms with Crippen molar-refractivity contribution < 1.29 is 20.7 Å². The van der Waals surface area contributed by atoms with Gasteiger partial charge in [0.05, 0.1) is 25.8 Å². The van der Waals surface area contributed by atoms with E-state index in [-0.39, 0.29) is 24.5 Å². The first-order valence-electron chi connectivity index (χ1n) is 11.8. The zero-order valence-electron chi connectivity index (χ0n) is 20.3. The first-order valence-corrected chi connectivity index (χ1v) is 11.3. The van der Waals surface area contributed by atoms with Crippen LogP contribution in [0.15, 0.2) is 24.5 Å². The van der Waals surface area contributed by atoms with Gasteiger partial charge < -0.3 is 24.8 Å². The van der Waals surface area contributed by atoms with Crippen LogP contribution in [0.3, 0.4) is 0 Å². The van der Waals surface area contributed by atoms with Gasteiger partial charge in [0.1, 0.15) is 11.4 Å². The highest BCUT2D eigenvalue weighted by molar-refractivity contribution is 5.86. The van der Waals surface area contributed by atoms with E-state index in [2.05, 4.69) is 17.2 Å². The molecule has 8 nitrogen and oxygen atoms in total. The fourth-order valence-electron chi connectivity index (χ4n) is 4.49. The normalized spacial score (nSPS) is 29.5. The summed E-state index contributed by atoms with van der Waals surface area (Å²) in [6.45, 7) is 9.47. The van der Waals surface area contributed by atoms with E-state index in [1.807, 2.05) is 32.9 Å². The van der Waals surface area contributed by atoms with E-state index in [0.29, 0.717) is 31.9 Å². The summed E-state index contributed by atoms with van der Waals surface area (Å²) in [7, 11) is 0. The fourth-order valence-corrected chi connectivity index (χ4v) is 4.49. The molecule has 0 saturated carbocycles. The lowest BCUT2D eigenvalue weighted by atomic mass is 9.82. The van der Waals surface area contributed by atoms with Crippen LogP contribution in [0.2, 0.25) is 0 Å². The van der Waals surface area contributed by atoms with E-state index < -0.39 is 17.7 Å². The third kappa shape index (κ3) is 5.13. The summed E-state index contributed by atoms with van der Waals surface area (Å²) in [5, 5.41) is 15.5. The lowest BCUT2D eigenvalue weighted by Crippen LogP contribution is -2.44. The number of carbonyl (C=O) groups is 1. The zero-order chi connectivity index (χ0) is 23.8. The number of hydrogen-bond acceptors (Lipinski definition) is 7. The van der Waals surface area contributed by atoms with Gasteiger partial charge in [0, 0.05) is 48.8 Å². The molecule has 2 saturated heterocycles. The van der Waals surface area contributed by atoms with Crippen molar-refractivity contribution >= 4 is 22.7 Å². The van der Waals surface area contributed by atoms with Crippen molar-refractivity contribution in [2.45, 2.75) is 64.2 Å². The van der Waals surface area contributed by atoms with Gasteiger partial charge in [-0.15, -0.1) is 0 Å². The third-order valence-corrected chi connectivity index (χ3v) is 6.11. The Morgan fingerprint density at radius 2 is 2.19 bits per heavy atom. The average molecular weight is 444 g/mol. The lowest BCUT2D eigenvalue weighted by Gasteiger charge is -2.37. The number of ether oxygens (including phenoxy) is 2. The minimum absolute atomic E-state index is 0.0290. The largest absolute Gasteiger partial charge is 0.444 e. The topological polar surface area (TPSA) is 96.8 Å². The van der Waals surface area contributed by atoms with Crippen LogP contribution in [0.1, 0.15) is 53.5 Å². The van der Waals surface area contributed by atoms with E-state index in [0.717, 1.165) is 22.9 Å². The summed E-state index contributed by atoms with van der Waals surface area (Å²) in [5.74, 6) is 1.01. The Morgan fingerprint density at radius 1 is 1.38 bits per heavy atom. The number of carbonyl (C=O) groups excluding carboxylic acids is 1. The Morgan fingerprint density at radius 3 is 2.91 bits per heavy atom. The summed E-state index contributed by atoms with van der Waals surface area (Å²) in [6, 6.07) is 3.42. The molecule has 2 aliphatic rings. The summed E-state index contributed by atoms with van der Waals surface area (Å²) in [6.07, 6.45) is 2.96. The molecule has 0 aromatic carbocycles. The fraction of sp³-hybridized carbons (Fsp3) is 0.625. The highest BCUT2D eigenvalue weighted by Gasteiger charge is 2.33. The molecule has 0 unspecified atom stereocenters. The Kier molecular flexibility index (Phi) is 6.15. The van der Waals surface area contributed by atoms with Crippen LogP contribution < -0.4 is 5.32 Å². The molecule has 2 aromatic rings.